The van der Waals surface area contributed by atoms with Crippen LogP contribution in [0.3, 0.4) is 0 Å². The minimum Gasteiger partial charge on any atom is -0.456 e. The molecule has 0 atom stereocenters. The van der Waals surface area contributed by atoms with Crippen LogP contribution >= 0.6 is 0 Å². The number of aryl methyl sites for hydroxylation is 1. The van der Waals surface area contributed by atoms with Crippen LogP contribution in [-0.4, -0.2) is 34.5 Å². The molecule has 3 rings (SSSR count). The van der Waals surface area contributed by atoms with Crippen molar-refractivity contribution in [1.82, 2.24) is 15.3 Å². The first-order valence-corrected chi connectivity index (χ1v) is 9.31. The number of hydrogen-bond donors (Lipinski definition) is 3. The quantitative estimate of drug-likeness (QED) is 0.514. The van der Waals surface area contributed by atoms with Crippen molar-refractivity contribution in [1.29, 1.82) is 0 Å². The maximum atomic E-state index is 12.0. The fraction of sp³-hybridized carbons (Fsp3) is 0.190. The van der Waals surface area contributed by atoms with E-state index in [4.69, 9.17) is 4.74 Å². The SMILES string of the molecule is O=C(COC(=O)CCCc1nc2ccccc2c(=O)[nH]1)NC(=O)Nc1ccccc1. The van der Waals surface area contributed by atoms with Crippen LogP contribution < -0.4 is 16.2 Å². The van der Waals surface area contributed by atoms with Crippen molar-refractivity contribution in [2.24, 2.45) is 0 Å². The van der Waals surface area contributed by atoms with E-state index >= 15 is 0 Å². The summed E-state index contributed by atoms with van der Waals surface area (Å²) in [4.78, 5) is 54.3. The van der Waals surface area contributed by atoms with Gasteiger partial charge in [0, 0.05) is 18.5 Å². The number of carbonyl (C=O) groups is 3. The molecule has 0 saturated heterocycles. The van der Waals surface area contributed by atoms with Gasteiger partial charge in [0.25, 0.3) is 11.5 Å². The molecule has 3 aromatic rings. The average molecular weight is 408 g/mol. The van der Waals surface area contributed by atoms with E-state index < -0.39 is 24.5 Å². The molecule has 0 fully saturated rings. The highest BCUT2D eigenvalue weighted by atomic mass is 16.5. The summed E-state index contributed by atoms with van der Waals surface area (Å²) in [5.41, 5.74) is 0.882. The molecular formula is C21H20N4O5. The second kappa shape index (κ2) is 9.97. The molecule has 0 aliphatic carbocycles. The van der Waals surface area contributed by atoms with E-state index in [-0.39, 0.29) is 12.0 Å². The zero-order chi connectivity index (χ0) is 21.3. The Morgan fingerprint density at radius 3 is 2.53 bits per heavy atom. The molecule has 3 amide bonds. The van der Waals surface area contributed by atoms with Gasteiger partial charge in [-0.2, -0.15) is 0 Å². The molecule has 30 heavy (non-hydrogen) atoms. The molecule has 9 nitrogen and oxygen atoms in total. The topological polar surface area (TPSA) is 130 Å². The van der Waals surface area contributed by atoms with Gasteiger partial charge in [-0.05, 0) is 30.7 Å². The Kier molecular flexibility index (Phi) is 6.88. The molecule has 0 unspecified atom stereocenters. The Morgan fingerprint density at radius 1 is 1.00 bits per heavy atom. The Labute approximate surface area is 171 Å². The van der Waals surface area contributed by atoms with Crippen LogP contribution in [0.4, 0.5) is 10.5 Å². The summed E-state index contributed by atoms with van der Waals surface area (Å²) in [5, 5.41) is 5.06. The summed E-state index contributed by atoms with van der Waals surface area (Å²) >= 11 is 0. The highest BCUT2D eigenvalue weighted by Gasteiger charge is 2.11. The number of imide groups is 1. The molecule has 1 heterocycles. The van der Waals surface area contributed by atoms with Gasteiger partial charge in [-0.25, -0.2) is 9.78 Å². The number of aromatic amines is 1. The van der Waals surface area contributed by atoms with Crippen LogP contribution in [0.1, 0.15) is 18.7 Å². The van der Waals surface area contributed by atoms with E-state index in [2.05, 4.69) is 20.6 Å². The number of anilines is 1. The molecule has 9 heteroatoms. The van der Waals surface area contributed by atoms with Crippen molar-refractivity contribution in [2.45, 2.75) is 19.3 Å². The monoisotopic (exact) mass is 408 g/mol. The number of hydrogen-bond acceptors (Lipinski definition) is 6. The Bertz CT molecular complexity index is 1110. The summed E-state index contributed by atoms with van der Waals surface area (Å²) in [6.45, 7) is -0.563. The Morgan fingerprint density at radius 2 is 1.73 bits per heavy atom. The summed E-state index contributed by atoms with van der Waals surface area (Å²) in [6.07, 6.45) is 0.803. The number of para-hydroxylation sites is 2. The number of rotatable bonds is 7. The lowest BCUT2D eigenvalue weighted by atomic mass is 10.2. The van der Waals surface area contributed by atoms with Gasteiger partial charge >= 0.3 is 12.0 Å². The maximum absolute atomic E-state index is 12.0. The van der Waals surface area contributed by atoms with E-state index in [1.165, 1.54) is 0 Å². The molecule has 154 valence electrons. The van der Waals surface area contributed by atoms with Crippen molar-refractivity contribution in [2.75, 3.05) is 11.9 Å². The van der Waals surface area contributed by atoms with E-state index in [9.17, 15) is 19.2 Å². The molecule has 0 saturated carbocycles. The summed E-state index contributed by atoms with van der Waals surface area (Å²) < 4.78 is 4.86. The standard InChI is InChI=1S/C21H20N4O5/c26-18(25-21(29)22-14-7-2-1-3-8-14)13-30-19(27)12-6-11-17-23-16-10-5-4-9-15(16)20(28)24-17/h1-5,7-10H,6,11-13H2,(H,23,24,28)(H2,22,25,26,29). The molecule has 0 radical (unpaired) electrons. The van der Waals surface area contributed by atoms with E-state index in [0.717, 1.165) is 0 Å². The van der Waals surface area contributed by atoms with Gasteiger partial charge < -0.3 is 15.0 Å². The third-order valence-corrected chi connectivity index (χ3v) is 4.11. The van der Waals surface area contributed by atoms with Crippen molar-refractivity contribution in [3.8, 4) is 0 Å². The Hall–Kier alpha value is -4.01. The van der Waals surface area contributed by atoms with Gasteiger partial charge in [-0.15, -0.1) is 0 Å². The third-order valence-electron chi connectivity index (χ3n) is 4.11. The number of ether oxygens (including phenoxy) is 1. The van der Waals surface area contributed by atoms with Gasteiger partial charge in [0.15, 0.2) is 6.61 Å². The van der Waals surface area contributed by atoms with Crippen LogP contribution in [0, 0.1) is 0 Å². The van der Waals surface area contributed by atoms with Crippen LogP contribution in [0.5, 0.6) is 0 Å². The number of nitrogens with one attached hydrogen (secondary N) is 3. The lowest BCUT2D eigenvalue weighted by Crippen LogP contribution is -2.37. The smallest absolute Gasteiger partial charge is 0.325 e. The Balaban J connectivity index is 1.38. The molecular weight excluding hydrogens is 388 g/mol. The highest BCUT2D eigenvalue weighted by molar-refractivity contribution is 6.01. The fourth-order valence-electron chi connectivity index (χ4n) is 2.72. The van der Waals surface area contributed by atoms with Crippen molar-refractivity contribution < 1.29 is 19.1 Å². The van der Waals surface area contributed by atoms with Gasteiger partial charge in [-0.3, -0.25) is 19.7 Å². The summed E-state index contributed by atoms with van der Waals surface area (Å²) in [7, 11) is 0. The number of fused-ring (bicyclic) bond motifs is 1. The number of urea groups is 1. The molecule has 0 bridgehead atoms. The van der Waals surface area contributed by atoms with Gasteiger partial charge in [0.05, 0.1) is 10.9 Å². The average Bonchev–Trinajstić information content (AvgIpc) is 2.73. The van der Waals surface area contributed by atoms with Crippen molar-refractivity contribution >= 4 is 34.5 Å². The summed E-state index contributed by atoms with van der Waals surface area (Å²) in [5.74, 6) is -0.851. The molecule has 2 aromatic carbocycles. The number of benzene rings is 2. The molecule has 0 aliphatic rings. The number of carbonyl (C=O) groups excluding carboxylic acids is 3. The number of aromatic nitrogens is 2. The number of esters is 1. The fourth-order valence-corrected chi connectivity index (χ4v) is 2.72. The first-order valence-electron chi connectivity index (χ1n) is 9.31. The summed E-state index contributed by atoms with van der Waals surface area (Å²) in [6, 6.07) is 14.9. The highest BCUT2D eigenvalue weighted by Crippen LogP contribution is 2.08. The van der Waals surface area contributed by atoms with E-state index in [1.807, 2.05) is 0 Å². The van der Waals surface area contributed by atoms with Crippen LogP contribution in [0.25, 0.3) is 10.9 Å². The number of amides is 3. The lowest BCUT2D eigenvalue weighted by molar-refractivity contribution is -0.148. The van der Waals surface area contributed by atoms with E-state index in [1.54, 1.807) is 54.6 Å². The second-order valence-corrected chi connectivity index (χ2v) is 6.41. The van der Waals surface area contributed by atoms with Gasteiger partial charge in [-0.1, -0.05) is 30.3 Å². The number of nitrogens with zero attached hydrogens (tertiary/aromatic N) is 1. The largest absolute Gasteiger partial charge is 0.456 e. The van der Waals surface area contributed by atoms with E-state index in [0.29, 0.717) is 35.3 Å². The third kappa shape index (κ3) is 5.99. The van der Waals surface area contributed by atoms with Crippen LogP contribution in [0.2, 0.25) is 0 Å². The molecule has 1 aromatic heterocycles. The van der Waals surface area contributed by atoms with Crippen molar-refractivity contribution in [3.05, 3.63) is 70.8 Å². The minimum atomic E-state index is -0.739. The second-order valence-electron chi connectivity index (χ2n) is 6.41. The molecule has 3 N–H and O–H groups in total. The van der Waals surface area contributed by atoms with Crippen molar-refractivity contribution in [3.63, 3.8) is 0 Å². The minimum absolute atomic E-state index is 0.0417. The predicted octanol–water partition coefficient (Wildman–Crippen LogP) is 2.14. The predicted molar refractivity (Wildman–Crippen MR) is 110 cm³/mol. The first-order chi connectivity index (χ1) is 14.5. The zero-order valence-electron chi connectivity index (χ0n) is 16.0. The van der Waals surface area contributed by atoms with Crippen LogP contribution in [0.15, 0.2) is 59.4 Å². The molecule has 0 spiro atoms. The number of H-pyrrole nitrogens is 1. The van der Waals surface area contributed by atoms with Gasteiger partial charge in [0.1, 0.15) is 5.82 Å². The zero-order valence-corrected chi connectivity index (χ0v) is 16.0. The lowest BCUT2D eigenvalue weighted by Gasteiger charge is -2.07. The van der Waals surface area contributed by atoms with Crippen LogP contribution in [-0.2, 0) is 20.7 Å². The maximum Gasteiger partial charge on any atom is 0.325 e. The van der Waals surface area contributed by atoms with Gasteiger partial charge in [0.2, 0.25) is 0 Å². The normalized spacial score (nSPS) is 10.4. The molecule has 0 aliphatic heterocycles. The first kappa shape index (κ1) is 20.7.